The summed E-state index contributed by atoms with van der Waals surface area (Å²) in [6.45, 7) is 0.0207. The molecule has 0 bridgehead atoms. The summed E-state index contributed by atoms with van der Waals surface area (Å²) in [5.74, 6) is 0.0866. The topological polar surface area (TPSA) is 81.6 Å². The van der Waals surface area contributed by atoms with Gasteiger partial charge in [-0.3, -0.25) is 0 Å². The zero-order chi connectivity index (χ0) is 14.4. The van der Waals surface area contributed by atoms with Crippen LogP contribution in [0, 0.1) is 0 Å². The van der Waals surface area contributed by atoms with E-state index in [2.05, 4.69) is 10.6 Å². The van der Waals surface area contributed by atoms with Crippen LogP contribution < -0.4 is 10.6 Å². The molecule has 0 aliphatic carbocycles. The van der Waals surface area contributed by atoms with E-state index in [9.17, 15) is 9.90 Å². The van der Waals surface area contributed by atoms with Gasteiger partial charge in [-0.05, 0) is 30.2 Å². The molecule has 0 aromatic heterocycles. The molecule has 0 heterocycles. The maximum absolute atomic E-state index is 11.9. The average molecular weight is 272 g/mol. The summed E-state index contributed by atoms with van der Waals surface area (Å²) in [6.07, 6.45) is 0.475. The van der Waals surface area contributed by atoms with E-state index in [0.717, 1.165) is 5.56 Å². The molecule has 0 aliphatic heterocycles. The summed E-state index contributed by atoms with van der Waals surface area (Å²) < 4.78 is 0. The number of nitrogens with one attached hydrogen (secondary N) is 2. The van der Waals surface area contributed by atoms with Crippen LogP contribution in [0.25, 0.3) is 0 Å². The first kappa shape index (κ1) is 13.9. The lowest BCUT2D eigenvalue weighted by atomic mass is 10.1. The molecule has 20 heavy (non-hydrogen) atoms. The summed E-state index contributed by atoms with van der Waals surface area (Å²) >= 11 is 0. The lowest BCUT2D eigenvalue weighted by molar-refractivity contribution is 0.262. The van der Waals surface area contributed by atoms with Gasteiger partial charge < -0.3 is 20.8 Å². The maximum atomic E-state index is 11.9. The first-order chi connectivity index (χ1) is 9.69. The minimum atomic E-state index is -0.402. The minimum Gasteiger partial charge on any atom is -0.508 e. The van der Waals surface area contributed by atoms with Gasteiger partial charge >= 0.3 is 6.03 Å². The molecule has 0 unspecified atom stereocenters. The summed E-state index contributed by atoms with van der Waals surface area (Å²) in [6, 6.07) is 13.2. The third-order valence-electron chi connectivity index (χ3n) is 2.75. The van der Waals surface area contributed by atoms with Crippen molar-refractivity contribution in [1.29, 1.82) is 0 Å². The van der Waals surface area contributed by atoms with Gasteiger partial charge in [0.25, 0.3) is 0 Å². The number of amides is 2. The molecular weight excluding hydrogens is 256 g/mol. The average Bonchev–Trinajstić information content (AvgIpc) is 2.41. The Morgan fingerprint density at radius 1 is 1.05 bits per heavy atom. The number of phenols is 1. The second-order valence-electron chi connectivity index (χ2n) is 4.26. The third kappa shape index (κ3) is 3.73. The summed E-state index contributed by atoms with van der Waals surface area (Å²) in [7, 11) is 0. The van der Waals surface area contributed by atoms with Crippen LogP contribution in [0.4, 0.5) is 16.2 Å². The monoisotopic (exact) mass is 272 g/mol. The van der Waals surface area contributed by atoms with E-state index in [-0.39, 0.29) is 12.4 Å². The normalized spacial score (nSPS) is 10.1. The highest BCUT2D eigenvalue weighted by Crippen LogP contribution is 2.18. The Kier molecular flexibility index (Phi) is 4.57. The van der Waals surface area contributed by atoms with Crippen LogP contribution in [-0.4, -0.2) is 22.9 Å². The van der Waals surface area contributed by atoms with Crippen LogP contribution in [0.2, 0.25) is 0 Å². The Morgan fingerprint density at radius 3 is 2.60 bits per heavy atom. The van der Waals surface area contributed by atoms with Gasteiger partial charge in [-0.1, -0.05) is 24.3 Å². The van der Waals surface area contributed by atoms with Crippen molar-refractivity contribution in [1.82, 2.24) is 0 Å². The Labute approximate surface area is 116 Å². The molecule has 2 aromatic carbocycles. The van der Waals surface area contributed by atoms with Gasteiger partial charge in [-0.15, -0.1) is 0 Å². The van der Waals surface area contributed by atoms with Crippen LogP contribution in [0.5, 0.6) is 5.75 Å². The van der Waals surface area contributed by atoms with Crippen LogP contribution in [-0.2, 0) is 6.42 Å². The number of phenolic OH excluding ortho intramolecular Hbond substituents is 1. The zero-order valence-electron chi connectivity index (χ0n) is 10.8. The van der Waals surface area contributed by atoms with E-state index >= 15 is 0 Å². The number of aliphatic hydroxyl groups excluding tert-OH is 1. The summed E-state index contributed by atoms with van der Waals surface area (Å²) in [5, 5.41) is 23.7. The lowest BCUT2D eigenvalue weighted by Crippen LogP contribution is -2.20. The molecule has 2 rings (SSSR count). The number of aliphatic hydroxyl groups is 1. The highest BCUT2D eigenvalue weighted by molar-refractivity contribution is 6.00. The number of rotatable bonds is 4. The fourth-order valence-electron chi connectivity index (χ4n) is 1.85. The second kappa shape index (κ2) is 6.58. The Balaban J connectivity index is 2.05. The number of hydrogen-bond acceptors (Lipinski definition) is 3. The predicted molar refractivity (Wildman–Crippen MR) is 78.0 cm³/mol. The number of hydrogen-bond donors (Lipinski definition) is 4. The van der Waals surface area contributed by atoms with E-state index in [4.69, 9.17) is 5.11 Å². The molecular formula is C15H16N2O3. The molecule has 4 N–H and O–H groups in total. The SMILES string of the molecule is O=C(Nc1cccc(O)c1)Nc1ccccc1CCO. The van der Waals surface area contributed by atoms with Crippen molar-refractivity contribution >= 4 is 17.4 Å². The molecule has 0 saturated heterocycles. The Morgan fingerprint density at radius 2 is 1.85 bits per heavy atom. The van der Waals surface area contributed by atoms with Gasteiger partial charge in [0.2, 0.25) is 0 Å². The van der Waals surface area contributed by atoms with Crippen molar-refractivity contribution in [2.75, 3.05) is 17.2 Å². The zero-order valence-corrected chi connectivity index (χ0v) is 10.8. The van der Waals surface area contributed by atoms with Crippen molar-refractivity contribution in [3.05, 3.63) is 54.1 Å². The van der Waals surface area contributed by atoms with E-state index in [1.54, 1.807) is 18.2 Å². The van der Waals surface area contributed by atoms with Gasteiger partial charge in [-0.2, -0.15) is 0 Å². The number of carbonyl (C=O) groups excluding carboxylic acids is 1. The largest absolute Gasteiger partial charge is 0.508 e. The predicted octanol–water partition coefficient (Wildman–Crippen LogP) is 2.57. The first-order valence-electron chi connectivity index (χ1n) is 6.25. The van der Waals surface area contributed by atoms with E-state index in [0.29, 0.717) is 17.8 Å². The standard InChI is InChI=1S/C15H16N2O3/c18-9-8-11-4-1-2-7-14(11)17-15(20)16-12-5-3-6-13(19)10-12/h1-7,10,18-19H,8-9H2,(H2,16,17,20). The Hall–Kier alpha value is -2.53. The van der Waals surface area contributed by atoms with Crippen molar-refractivity contribution < 1.29 is 15.0 Å². The number of para-hydroxylation sites is 1. The van der Waals surface area contributed by atoms with Gasteiger partial charge in [-0.25, -0.2) is 4.79 Å². The highest BCUT2D eigenvalue weighted by Gasteiger charge is 2.06. The van der Waals surface area contributed by atoms with Gasteiger partial charge in [0.15, 0.2) is 0 Å². The molecule has 5 heteroatoms. The van der Waals surface area contributed by atoms with Gasteiger partial charge in [0, 0.05) is 24.0 Å². The van der Waals surface area contributed by atoms with Crippen molar-refractivity contribution in [2.24, 2.45) is 0 Å². The highest BCUT2D eigenvalue weighted by atomic mass is 16.3. The van der Waals surface area contributed by atoms with Crippen LogP contribution in [0.15, 0.2) is 48.5 Å². The molecule has 5 nitrogen and oxygen atoms in total. The van der Waals surface area contributed by atoms with E-state index in [1.165, 1.54) is 12.1 Å². The number of benzene rings is 2. The number of anilines is 2. The fraction of sp³-hybridized carbons (Fsp3) is 0.133. The van der Waals surface area contributed by atoms with Crippen LogP contribution >= 0.6 is 0 Å². The molecule has 0 atom stereocenters. The molecule has 0 saturated carbocycles. The molecule has 0 fully saturated rings. The first-order valence-corrected chi connectivity index (χ1v) is 6.25. The maximum Gasteiger partial charge on any atom is 0.323 e. The second-order valence-corrected chi connectivity index (χ2v) is 4.26. The van der Waals surface area contributed by atoms with Crippen molar-refractivity contribution in [3.63, 3.8) is 0 Å². The van der Waals surface area contributed by atoms with Gasteiger partial charge in [0.1, 0.15) is 5.75 Å². The molecule has 0 spiro atoms. The molecule has 2 amide bonds. The quantitative estimate of drug-likeness (QED) is 0.690. The van der Waals surface area contributed by atoms with Gasteiger partial charge in [0.05, 0.1) is 0 Å². The lowest BCUT2D eigenvalue weighted by Gasteiger charge is -2.11. The molecule has 104 valence electrons. The van der Waals surface area contributed by atoms with Crippen LogP contribution in [0.1, 0.15) is 5.56 Å². The van der Waals surface area contributed by atoms with Crippen molar-refractivity contribution in [3.8, 4) is 5.75 Å². The van der Waals surface area contributed by atoms with E-state index < -0.39 is 6.03 Å². The Bertz CT molecular complexity index is 599. The minimum absolute atomic E-state index is 0.0207. The molecule has 0 radical (unpaired) electrons. The fourth-order valence-corrected chi connectivity index (χ4v) is 1.85. The van der Waals surface area contributed by atoms with Crippen molar-refractivity contribution in [2.45, 2.75) is 6.42 Å². The smallest absolute Gasteiger partial charge is 0.323 e. The summed E-state index contributed by atoms with van der Waals surface area (Å²) in [5.41, 5.74) is 2.02. The third-order valence-corrected chi connectivity index (χ3v) is 2.75. The number of urea groups is 1. The molecule has 0 aliphatic rings. The number of aromatic hydroxyl groups is 1. The summed E-state index contributed by atoms with van der Waals surface area (Å²) in [4.78, 5) is 11.9. The number of carbonyl (C=O) groups is 1. The van der Waals surface area contributed by atoms with E-state index in [1.807, 2.05) is 18.2 Å². The van der Waals surface area contributed by atoms with Crippen LogP contribution in [0.3, 0.4) is 0 Å². The molecule has 2 aromatic rings.